The third kappa shape index (κ3) is 2.84. The maximum atomic E-state index is 12.4. The molecule has 1 aliphatic heterocycles. The highest BCUT2D eigenvalue weighted by Gasteiger charge is 2.28. The van der Waals surface area contributed by atoms with Gasteiger partial charge in [-0.15, -0.1) is 11.3 Å². The molecule has 4 nitrogen and oxygen atoms in total. The van der Waals surface area contributed by atoms with E-state index in [2.05, 4.69) is 28.2 Å². The van der Waals surface area contributed by atoms with Gasteiger partial charge in [0.15, 0.2) is 0 Å². The van der Waals surface area contributed by atoms with Crippen LogP contribution in [0.4, 0.5) is 0 Å². The maximum Gasteiger partial charge on any atom is 0.265 e. The summed E-state index contributed by atoms with van der Waals surface area (Å²) in [5, 5.41) is 1.22. The zero-order valence-electron chi connectivity index (χ0n) is 12.7. The van der Waals surface area contributed by atoms with Crippen LogP contribution in [-0.2, 0) is 6.42 Å². The van der Waals surface area contributed by atoms with Crippen molar-refractivity contribution in [3.63, 3.8) is 0 Å². The number of nitrogens with zero attached hydrogens (tertiary/aromatic N) is 3. The fourth-order valence-electron chi connectivity index (χ4n) is 3.32. The molecule has 1 aromatic carbocycles. The highest BCUT2D eigenvalue weighted by molar-refractivity contribution is 7.11. The van der Waals surface area contributed by atoms with Crippen molar-refractivity contribution in [2.45, 2.75) is 12.8 Å². The van der Waals surface area contributed by atoms with Gasteiger partial charge in [0.05, 0.1) is 17.2 Å². The number of thiazole rings is 1. The summed E-state index contributed by atoms with van der Waals surface area (Å²) in [4.78, 5) is 23.5. The minimum Gasteiger partial charge on any atom is -0.338 e. The smallest absolute Gasteiger partial charge is 0.265 e. The van der Waals surface area contributed by atoms with E-state index in [1.54, 1.807) is 11.7 Å². The molecule has 116 valence electrons. The molecule has 4 rings (SSSR count). The average Bonchev–Trinajstić information content (AvgIpc) is 3.27. The molecule has 2 aromatic heterocycles. The SMILES string of the molecule is O=C(c1cncs1)N1CCC(Cc2cccc3ncccc23)C1. The van der Waals surface area contributed by atoms with Gasteiger partial charge in [0.25, 0.3) is 5.91 Å². The molecular formula is C18H17N3OS. The van der Waals surface area contributed by atoms with Crippen LogP contribution >= 0.6 is 11.3 Å². The lowest BCUT2D eigenvalue weighted by Crippen LogP contribution is -2.28. The summed E-state index contributed by atoms with van der Waals surface area (Å²) in [6, 6.07) is 10.4. The first-order valence-electron chi connectivity index (χ1n) is 7.81. The van der Waals surface area contributed by atoms with Crippen LogP contribution in [0.15, 0.2) is 48.2 Å². The standard InChI is InChI=1S/C18H17N3OS/c22-18(17-10-19-12-23-17)21-8-6-13(11-21)9-14-3-1-5-16-15(14)4-2-7-20-16/h1-5,7,10,12-13H,6,8-9,11H2. The quantitative estimate of drug-likeness (QED) is 0.742. The highest BCUT2D eigenvalue weighted by atomic mass is 32.1. The predicted molar refractivity (Wildman–Crippen MR) is 91.6 cm³/mol. The summed E-state index contributed by atoms with van der Waals surface area (Å²) < 4.78 is 0. The zero-order valence-corrected chi connectivity index (χ0v) is 13.5. The van der Waals surface area contributed by atoms with E-state index in [0.717, 1.165) is 36.3 Å². The second-order valence-electron chi connectivity index (χ2n) is 5.96. The molecule has 0 bridgehead atoms. The number of hydrogen-bond donors (Lipinski definition) is 0. The number of likely N-dealkylation sites (tertiary alicyclic amines) is 1. The Morgan fingerprint density at radius 1 is 1.30 bits per heavy atom. The Morgan fingerprint density at radius 3 is 3.13 bits per heavy atom. The van der Waals surface area contributed by atoms with Crippen LogP contribution in [0, 0.1) is 5.92 Å². The van der Waals surface area contributed by atoms with Crippen LogP contribution < -0.4 is 0 Å². The normalized spacial score (nSPS) is 17.7. The van der Waals surface area contributed by atoms with Crippen molar-refractivity contribution in [2.75, 3.05) is 13.1 Å². The first-order chi connectivity index (χ1) is 11.3. The second kappa shape index (κ2) is 6.08. The van der Waals surface area contributed by atoms with Crippen molar-refractivity contribution < 1.29 is 4.79 Å². The van der Waals surface area contributed by atoms with E-state index in [9.17, 15) is 4.79 Å². The van der Waals surface area contributed by atoms with Gasteiger partial charge in [0.2, 0.25) is 0 Å². The van der Waals surface area contributed by atoms with Crippen LogP contribution in [0.25, 0.3) is 10.9 Å². The van der Waals surface area contributed by atoms with E-state index in [1.807, 2.05) is 23.2 Å². The zero-order chi connectivity index (χ0) is 15.6. The van der Waals surface area contributed by atoms with Gasteiger partial charge in [-0.05, 0) is 36.5 Å². The number of aromatic nitrogens is 2. The van der Waals surface area contributed by atoms with Crippen LogP contribution in [-0.4, -0.2) is 33.9 Å². The number of amides is 1. The Morgan fingerprint density at radius 2 is 2.26 bits per heavy atom. The molecule has 3 aromatic rings. The molecule has 0 N–H and O–H groups in total. The molecule has 23 heavy (non-hydrogen) atoms. The lowest BCUT2D eigenvalue weighted by molar-refractivity contribution is 0.0791. The first-order valence-corrected chi connectivity index (χ1v) is 8.69. The van der Waals surface area contributed by atoms with Gasteiger partial charge in [0, 0.05) is 24.7 Å². The van der Waals surface area contributed by atoms with Gasteiger partial charge >= 0.3 is 0 Å². The van der Waals surface area contributed by atoms with Gasteiger partial charge < -0.3 is 4.90 Å². The molecule has 1 amide bonds. The minimum absolute atomic E-state index is 0.120. The summed E-state index contributed by atoms with van der Waals surface area (Å²) in [5.74, 6) is 0.632. The summed E-state index contributed by atoms with van der Waals surface area (Å²) in [7, 11) is 0. The Hall–Kier alpha value is -2.27. The van der Waals surface area contributed by atoms with E-state index in [1.165, 1.54) is 22.3 Å². The maximum absolute atomic E-state index is 12.4. The van der Waals surface area contributed by atoms with Crippen LogP contribution in [0.2, 0.25) is 0 Å². The number of benzene rings is 1. The first kappa shape index (κ1) is 14.3. The lowest BCUT2D eigenvalue weighted by atomic mass is 9.96. The van der Waals surface area contributed by atoms with Crippen molar-refractivity contribution in [3.8, 4) is 0 Å². The molecule has 0 radical (unpaired) electrons. The Balaban J connectivity index is 1.49. The van der Waals surface area contributed by atoms with E-state index < -0.39 is 0 Å². The third-order valence-corrected chi connectivity index (χ3v) is 5.22. The Labute approximate surface area is 138 Å². The van der Waals surface area contributed by atoms with Crippen molar-refractivity contribution in [2.24, 2.45) is 5.92 Å². The molecule has 3 heterocycles. The molecule has 1 aliphatic rings. The fourth-order valence-corrected chi connectivity index (χ4v) is 3.90. The number of pyridine rings is 1. The molecule has 0 saturated carbocycles. The molecule has 1 atom stereocenters. The van der Waals surface area contributed by atoms with E-state index in [-0.39, 0.29) is 5.91 Å². The summed E-state index contributed by atoms with van der Waals surface area (Å²) >= 11 is 1.41. The molecule has 1 unspecified atom stereocenters. The number of hydrogen-bond acceptors (Lipinski definition) is 4. The van der Waals surface area contributed by atoms with Gasteiger partial charge in [-0.25, -0.2) is 0 Å². The van der Waals surface area contributed by atoms with Crippen LogP contribution in [0.1, 0.15) is 21.7 Å². The van der Waals surface area contributed by atoms with Crippen molar-refractivity contribution in [3.05, 3.63) is 58.7 Å². The van der Waals surface area contributed by atoms with Gasteiger partial charge in [-0.1, -0.05) is 18.2 Å². The largest absolute Gasteiger partial charge is 0.338 e. The third-order valence-electron chi connectivity index (χ3n) is 4.46. The Bertz CT molecular complexity index is 826. The molecule has 0 spiro atoms. The summed E-state index contributed by atoms with van der Waals surface area (Å²) in [6.45, 7) is 1.66. The molecule has 0 aliphatic carbocycles. The number of rotatable bonds is 3. The van der Waals surface area contributed by atoms with Crippen molar-refractivity contribution in [1.82, 2.24) is 14.9 Å². The van der Waals surface area contributed by atoms with Gasteiger partial charge in [0.1, 0.15) is 4.88 Å². The molecule has 5 heteroatoms. The summed E-state index contributed by atoms with van der Waals surface area (Å²) in [6.07, 6.45) is 5.55. The molecule has 1 fully saturated rings. The number of carbonyl (C=O) groups excluding carboxylic acids is 1. The van der Waals surface area contributed by atoms with Crippen molar-refractivity contribution >= 4 is 28.1 Å². The van der Waals surface area contributed by atoms with Gasteiger partial charge in [-0.2, -0.15) is 0 Å². The van der Waals surface area contributed by atoms with E-state index in [4.69, 9.17) is 0 Å². The molecular weight excluding hydrogens is 306 g/mol. The second-order valence-corrected chi connectivity index (χ2v) is 6.85. The Kier molecular flexibility index (Phi) is 3.79. The van der Waals surface area contributed by atoms with Crippen LogP contribution in [0.5, 0.6) is 0 Å². The molecule has 1 saturated heterocycles. The lowest BCUT2D eigenvalue weighted by Gasteiger charge is -2.16. The average molecular weight is 323 g/mol. The number of fused-ring (bicyclic) bond motifs is 1. The predicted octanol–water partition coefficient (Wildman–Crippen LogP) is 3.40. The van der Waals surface area contributed by atoms with E-state index in [0.29, 0.717) is 5.92 Å². The van der Waals surface area contributed by atoms with Gasteiger partial charge in [-0.3, -0.25) is 14.8 Å². The van der Waals surface area contributed by atoms with Crippen molar-refractivity contribution in [1.29, 1.82) is 0 Å². The van der Waals surface area contributed by atoms with E-state index >= 15 is 0 Å². The summed E-state index contributed by atoms with van der Waals surface area (Å²) in [5.41, 5.74) is 4.08. The highest BCUT2D eigenvalue weighted by Crippen LogP contribution is 2.26. The monoisotopic (exact) mass is 323 g/mol. The minimum atomic E-state index is 0.120. The topological polar surface area (TPSA) is 46.1 Å². The number of carbonyl (C=O) groups is 1. The van der Waals surface area contributed by atoms with Crippen LogP contribution in [0.3, 0.4) is 0 Å². The fraction of sp³-hybridized carbons (Fsp3) is 0.278.